The lowest BCUT2D eigenvalue weighted by atomic mass is 10.00. The molecule has 0 aliphatic heterocycles. The molecule has 0 saturated carbocycles. The molecule has 0 heterocycles. The zero-order valence-electron chi connectivity index (χ0n) is 8.58. The largest absolute Gasteiger partial charge is 0.326 e. The molecule has 0 unspecified atom stereocenters. The van der Waals surface area contributed by atoms with Crippen LogP contribution in [0.4, 0.5) is 4.39 Å². The van der Waals surface area contributed by atoms with Gasteiger partial charge in [0.05, 0.1) is 0 Å². The molecule has 0 aliphatic rings. The van der Waals surface area contributed by atoms with Crippen LogP contribution >= 0.6 is 11.6 Å². The fraction of sp³-hybridized carbons (Fsp3) is 0.0769. The summed E-state index contributed by atoms with van der Waals surface area (Å²) in [4.78, 5) is 0. The van der Waals surface area contributed by atoms with Crippen molar-refractivity contribution in [2.24, 2.45) is 5.73 Å². The van der Waals surface area contributed by atoms with Crippen molar-refractivity contribution >= 4 is 11.6 Å². The predicted molar refractivity (Wildman–Crippen MR) is 64.7 cm³/mol. The summed E-state index contributed by atoms with van der Waals surface area (Å²) in [6.45, 7) is 0.410. The Balaban J connectivity index is 2.51. The highest BCUT2D eigenvalue weighted by Gasteiger charge is 2.04. The molecule has 0 aliphatic carbocycles. The van der Waals surface area contributed by atoms with Gasteiger partial charge in [-0.3, -0.25) is 0 Å². The van der Waals surface area contributed by atoms with Crippen LogP contribution in [0.3, 0.4) is 0 Å². The molecule has 0 radical (unpaired) electrons. The monoisotopic (exact) mass is 235 g/mol. The maximum absolute atomic E-state index is 12.8. The molecule has 0 bridgehead atoms. The van der Waals surface area contributed by atoms with Crippen molar-refractivity contribution in [1.82, 2.24) is 0 Å². The molecule has 0 saturated heterocycles. The van der Waals surface area contributed by atoms with E-state index in [-0.39, 0.29) is 5.82 Å². The fourth-order valence-corrected chi connectivity index (χ4v) is 1.84. The zero-order valence-corrected chi connectivity index (χ0v) is 9.34. The Morgan fingerprint density at radius 1 is 1.06 bits per heavy atom. The molecule has 2 aromatic rings. The van der Waals surface area contributed by atoms with Gasteiger partial charge in [0.1, 0.15) is 5.82 Å². The molecule has 0 spiro atoms. The summed E-state index contributed by atoms with van der Waals surface area (Å²) in [5.41, 5.74) is 8.55. The van der Waals surface area contributed by atoms with E-state index in [1.165, 1.54) is 12.1 Å². The number of rotatable bonds is 2. The Labute approximate surface area is 98.7 Å². The van der Waals surface area contributed by atoms with Crippen LogP contribution in [0.1, 0.15) is 5.56 Å². The van der Waals surface area contributed by atoms with E-state index in [9.17, 15) is 4.39 Å². The summed E-state index contributed by atoms with van der Waals surface area (Å²) in [6, 6.07) is 11.9. The second-order valence-corrected chi connectivity index (χ2v) is 3.95. The van der Waals surface area contributed by atoms with E-state index >= 15 is 0 Å². The average molecular weight is 236 g/mol. The van der Waals surface area contributed by atoms with Crippen molar-refractivity contribution in [1.29, 1.82) is 0 Å². The number of nitrogens with two attached hydrogens (primary N) is 1. The third kappa shape index (κ3) is 2.23. The number of halogens is 2. The second-order valence-electron chi connectivity index (χ2n) is 3.51. The van der Waals surface area contributed by atoms with Crippen molar-refractivity contribution in [3.63, 3.8) is 0 Å². The number of hydrogen-bond donors (Lipinski definition) is 1. The smallest absolute Gasteiger partial charge is 0.123 e. The summed E-state index contributed by atoms with van der Waals surface area (Å²) in [5, 5.41) is 0.659. The summed E-state index contributed by atoms with van der Waals surface area (Å²) in [6.07, 6.45) is 0. The van der Waals surface area contributed by atoms with Gasteiger partial charge in [0.15, 0.2) is 0 Å². The van der Waals surface area contributed by atoms with E-state index in [0.717, 1.165) is 16.7 Å². The highest BCUT2D eigenvalue weighted by atomic mass is 35.5. The van der Waals surface area contributed by atoms with Crippen LogP contribution in [0.2, 0.25) is 5.02 Å². The molecule has 2 aromatic carbocycles. The van der Waals surface area contributed by atoms with E-state index in [0.29, 0.717) is 11.6 Å². The van der Waals surface area contributed by atoms with Gasteiger partial charge < -0.3 is 5.73 Å². The van der Waals surface area contributed by atoms with Gasteiger partial charge >= 0.3 is 0 Å². The highest BCUT2D eigenvalue weighted by Crippen LogP contribution is 2.26. The average Bonchev–Trinajstić information content (AvgIpc) is 2.30. The molecule has 0 amide bonds. The first-order valence-electron chi connectivity index (χ1n) is 4.95. The topological polar surface area (TPSA) is 26.0 Å². The van der Waals surface area contributed by atoms with Crippen molar-refractivity contribution in [2.75, 3.05) is 0 Å². The molecule has 0 atom stereocenters. The molecule has 1 nitrogen and oxygen atoms in total. The molecule has 82 valence electrons. The zero-order chi connectivity index (χ0) is 11.5. The Hall–Kier alpha value is -1.38. The van der Waals surface area contributed by atoms with Crippen molar-refractivity contribution in [3.8, 4) is 11.1 Å². The molecule has 2 N–H and O–H groups in total. The summed E-state index contributed by atoms with van der Waals surface area (Å²) in [7, 11) is 0. The predicted octanol–water partition coefficient (Wildman–Crippen LogP) is 3.60. The summed E-state index contributed by atoms with van der Waals surface area (Å²) < 4.78 is 12.8. The number of benzene rings is 2. The van der Waals surface area contributed by atoms with Crippen molar-refractivity contribution < 1.29 is 4.39 Å². The van der Waals surface area contributed by atoms with E-state index in [2.05, 4.69) is 0 Å². The Bertz CT molecular complexity index is 494. The Kier molecular flexibility index (Phi) is 3.22. The first kappa shape index (κ1) is 11.1. The van der Waals surface area contributed by atoms with Gasteiger partial charge in [0.25, 0.3) is 0 Å². The quantitative estimate of drug-likeness (QED) is 0.846. The maximum atomic E-state index is 12.8. The molecular weight excluding hydrogens is 225 g/mol. The molecule has 3 heteroatoms. The van der Waals surface area contributed by atoms with Crippen LogP contribution in [-0.2, 0) is 6.54 Å². The SMILES string of the molecule is NCc1cc(Cl)ccc1-c1ccc(F)cc1. The second kappa shape index (κ2) is 4.64. The van der Waals surface area contributed by atoms with Crippen molar-refractivity contribution in [3.05, 3.63) is 58.9 Å². The Morgan fingerprint density at radius 3 is 2.38 bits per heavy atom. The van der Waals surface area contributed by atoms with E-state index < -0.39 is 0 Å². The van der Waals surface area contributed by atoms with E-state index in [1.54, 1.807) is 18.2 Å². The van der Waals surface area contributed by atoms with Gasteiger partial charge in [-0.1, -0.05) is 29.8 Å². The van der Waals surface area contributed by atoms with Crippen LogP contribution < -0.4 is 5.73 Å². The molecular formula is C13H11ClFN. The van der Waals surface area contributed by atoms with Crippen LogP contribution in [0.15, 0.2) is 42.5 Å². The third-order valence-corrected chi connectivity index (χ3v) is 2.68. The Morgan fingerprint density at radius 2 is 1.75 bits per heavy atom. The lowest BCUT2D eigenvalue weighted by Gasteiger charge is -2.08. The number of hydrogen-bond acceptors (Lipinski definition) is 1. The minimum Gasteiger partial charge on any atom is -0.326 e. The van der Waals surface area contributed by atoms with Gasteiger partial charge in [-0.05, 0) is 41.0 Å². The maximum Gasteiger partial charge on any atom is 0.123 e. The highest BCUT2D eigenvalue weighted by molar-refractivity contribution is 6.30. The normalized spacial score (nSPS) is 10.4. The lowest BCUT2D eigenvalue weighted by Crippen LogP contribution is -1.98. The van der Waals surface area contributed by atoms with Crippen molar-refractivity contribution in [2.45, 2.75) is 6.54 Å². The molecule has 0 aromatic heterocycles. The van der Waals surface area contributed by atoms with Crippen LogP contribution in [0.5, 0.6) is 0 Å². The first-order chi connectivity index (χ1) is 7.70. The first-order valence-corrected chi connectivity index (χ1v) is 5.33. The van der Waals surface area contributed by atoms with Gasteiger partial charge in [0.2, 0.25) is 0 Å². The minimum absolute atomic E-state index is 0.244. The summed E-state index contributed by atoms with van der Waals surface area (Å²) in [5.74, 6) is -0.244. The standard InChI is InChI=1S/C13H11ClFN/c14-11-3-6-13(10(7-11)8-16)9-1-4-12(15)5-2-9/h1-7H,8,16H2. The van der Waals surface area contributed by atoms with Gasteiger partial charge in [-0.15, -0.1) is 0 Å². The van der Waals surface area contributed by atoms with Gasteiger partial charge in [-0.25, -0.2) is 4.39 Å². The van der Waals surface area contributed by atoms with Crippen LogP contribution in [0, 0.1) is 5.82 Å². The third-order valence-electron chi connectivity index (χ3n) is 2.44. The van der Waals surface area contributed by atoms with E-state index in [1.807, 2.05) is 12.1 Å². The fourth-order valence-electron chi connectivity index (χ4n) is 1.64. The van der Waals surface area contributed by atoms with Crippen LogP contribution in [-0.4, -0.2) is 0 Å². The molecule has 0 fully saturated rings. The summed E-state index contributed by atoms with van der Waals surface area (Å²) >= 11 is 5.89. The van der Waals surface area contributed by atoms with E-state index in [4.69, 9.17) is 17.3 Å². The van der Waals surface area contributed by atoms with Gasteiger partial charge in [-0.2, -0.15) is 0 Å². The lowest BCUT2D eigenvalue weighted by molar-refractivity contribution is 0.628. The minimum atomic E-state index is -0.244. The molecule has 16 heavy (non-hydrogen) atoms. The molecule has 2 rings (SSSR count). The van der Waals surface area contributed by atoms with Gasteiger partial charge in [0, 0.05) is 11.6 Å². The van der Waals surface area contributed by atoms with Crippen LogP contribution in [0.25, 0.3) is 11.1 Å².